The van der Waals surface area contributed by atoms with Gasteiger partial charge in [-0.3, -0.25) is 0 Å². The first-order valence-corrected chi connectivity index (χ1v) is 11.7. The van der Waals surface area contributed by atoms with Crippen LogP contribution in [-0.4, -0.2) is 39.9 Å². The zero-order chi connectivity index (χ0) is 23.1. The van der Waals surface area contributed by atoms with Crippen LogP contribution in [0, 0.1) is 0 Å². The summed E-state index contributed by atoms with van der Waals surface area (Å²) >= 11 is 6.03. The average molecular weight is 483 g/mol. The molecule has 0 saturated carbocycles. The van der Waals surface area contributed by atoms with Crippen molar-refractivity contribution in [3.63, 3.8) is 0 Å². The lowest BCUT2D eigenvalue weighted by molar-refractivity contribution is 0.601. The van der Waals surface area contributed by atoms with Crippen LogP contribution in [0.15, 0.2) is 78.0 Å². The van der Waals surface area contributed by atoms with Gasteiger partial charge >= 0.3 is 0 Å². The van der Waals surface area contributed by atoms with Crippen LogP contribution in [0.3, 0.4) is 0 Å². The lowest BCUT2D eigenvalue weighted by atomic mass is 10.1. The second kappa shape index (κ2) is 10.2. The van der Waals surface area contributed by atoms with Crippen molar-refractivity contribution >= 4 is 45.2 Å². The molecule has 0 atom stereocenters. The maximum absolute atomic E-state index is 12.5. The molecule has 0 aliphatic rings. The lowest BCUT2D eigenvalue weighted by Crippen LogP contribution is -2.14. The summed E-state index contributed by atoms with van der Waals surface area (Å²) in [4.78, 5) is 20.2. The van der Waals surface area contributed by atoms with Gasteiger partial charge in [0.05, 0.1) is 4.90 Å². The molecule has 0 saturated heterocycles. The molecule has 0 fully saturated rings. The number of hydrogen-bond donors (Lipinski definition) is 3. The number of rotatable bonds is 9. The van der Waals surface area contributed by atoms with E-state index in [0.717, 1.165) is 6.42 Å². The molecule has 0 aliphatic heterocycles. The molecule has 0 bridgehead atoms. The highest BCUT2D eigenvalue weighted by atomic mass is 35.5. The van der Waals surface area contributed by atoms with Gasteiger partial charge in [0.25, 0.3) is 10.0 Å². The summed E-state index contributed by atoms with van der Waals surface area (Å²) in [6.07, 6.45) is 3.69. The average Bonchev–Trinajstić information content (AvgIpc) is 2.80. The van der Waals surface area contributed by atoms with E-state index in [-0.39, 0.29) is 22.1 Å². The standard InChI is InChI=1S/C21H19ClN8O2S/c22-18-27-20(25-14-11-15-5-2-1-3-6-15)29-21(28-18)26-16-7-9-17(10-8-16)33(31,32)30-19-23-12-4-13-24-19/h1-10,12-13H,11,14H2,(H,23,24,30)(H2,25,26,27,28,29). The van der Waals surface area contributed by atoms with Gasteiger partial charge < -0.3 is 10.6 Å². The van der Waals surface area contributed by atoms with Crippen LogP contribution in [-0.2, 0) is 16.4 Å². The summed E-state index contributed by atoms with van der Waals surface area (Å²) in [5, 5.41) is 6.15. The Labute approximate surface area is 195 Å². The third kappa shape index (κ3) is 6.34. The summed E-state index contributed by atoms with van der Waals surface area (Å²) in [5.41, 5.74) is 1.76. The van der Waals surface area contributed by atoms with Gasteiger partial charge in [-0.15, -0.1) is 0 Å². The minimum absolute atomic E-state index is 0.00757. The molecule has 2 aromatic heterocycles. The van der Waals surface area contributed by atoms with Crippen molar-refractivity contribution < 1.29 is 8.42 Å². The van der Waals surface area contributed by atoms with E-state index in [0.29, 0.717) is 18.2 Å². The minimum atomic E-state index is -3.82. The Morgan fingerprint density at radius 1 is 0.788 bits per heavy atom. The highest BCUT2D eigenvalue weighted by Crippen LogP contribution is 2.19. The number of hydrogen-bond acceptors (Lipinski definition) is 9. The highest BCUT2D eigenvalue weighted by Gasteiger charge is 2.15. The molecule has 0 radical (unpaired) electrons. The molecule has 0 spiro atoms. The van der Waals surface area contributed by atoms with Crippen LogP contribution in [0.4, 0.5) is 23.5 Å². The number of benzene rings is 2. The van der Waals surface area contributed by atoms with Crippen LogP contribution in [0.2, 0.25) is 5.28 Å². The number of nitrogens with zero attached hydrogens (tertiary/aromatic N) is 5. The molecule has 3 N–H and O–H groups in total. The van der Waals surface area contributed by atoms with E-state index in [1.807, 2.05) is 30.3 Å². The Morgan fingerprint density at radius 3 is 2.21 bits per heavy atom. The van der Waals surface area contributed by atoms with Crippen molar-refractivity contribution in [2.75, 3.05) is 21.9 Å². The van der Waals surface area contributed by atoms with Gasteiger partial charge in [-0.25, -0.2) is 23.1 Å². The van der Waals surface area contributed by atoms with E-state index < -0.39 is 10.0 Å². The Morgan fingerprint density at radius 2 is 1.48 bits per heavy atom. The highest BCUT2D eigenvalue weighted by molar-refractivity contribution is 7.92. The van der Waals surface area contributed by atoms with Crippen LogP contribution in [0.25, 0.3) is 0 Å². The molecule has 168 valence electrons. The number of nitrogens with one attached hydrogen (secondary N) is 3. The lowest BCUT2D eigenvalue weighted by Gasteiger charge is -2.10. The Hall–Kier alpha value is -3.83. The smallest absolute Gasteiger partial charge is 0.264 e. The van der Waals surface area contributed by atoms with E-state index >= 15 is 0 Å². The largest absolute Gasteiger partial charge is 0.354 e. The Kier molecular flexibility index (Phi) is 6.91. The van der Waals surface area contributed by atoms with Crippen molar-refractivity contribution in [1.29, 1.82) is 0 Å². The van der Waals surface area contributed by atoms with E-state index in [1.54, 1.807) is 18.2 Å². The number of anilines is 4. The number of aromatic nitrogens is 5. The third-order valence-corrected chi connectivity index (χ3v) is 5.87. The molecular weight excluding hydrogens is 464 g/mol. The second-order valence-electron chi connectivity index (χ2n) is 6.74. The first-order valence-electron chi connectivity index (χ1n) is 9.84. The summed E-state index contributed by atoms with van der Waals surface area (Å²) in [7, 11) is -3.82. The molecule has 2 heterocycles. The van der Waals surface area contributed by atoms with Gasteiger partial charge in [-0.05, 0) is 53.9 Å². The summed E-state index contributed by atoms with van der Waals surface area (Å²) < 4.78 is 27.3. The Bertz CT molecular complexity index is 1310. The molecule has 4 rings (SSSR count). The van der Waals surface area contributed by atoms with Crippen LogP contribution in [0.1, 0.15) is 5.56 Å². The zero-order valence-corrected chi connectivity index (χ0v) is 18.8. The van der Waals surface area contributed by atoms with E-state index in [1.165, 1.54) is 30.1 Å². The van der Waals surface area contributed by atoms with Gasteiger partial charge in [0.15, 0.2) is 0 Å². The molecule has 0 unspecified atom stereocenters. The molecule has 33 heavy (non-hydrogen) atoms. The molecule has 0 aliphatic carbocycles. The zero-order valence-electron chi connectivity index (χ0n) is 17.2. The van der Waals surface area contributed by atoms with Crippen LogP contribution in [0.5, 0.6) is 0 Å². The minimum Gasteiger partial charge on any atom is -0.354 e. The number of halogens is 1. The predicted molar refractivity (Wildman–Crippen MR) is 126 cm³/mol. The van der Waals surface area contributed by atoms with Crippen LogP contribution >= 0.6 is 11.6 Å². The predicted octanol–water partition coefficient (Wildman–Crippen LogP) is 3.51. The monoisotopic (exact) mass is 482 g/mol. The maximum atomic E-state index is 12.5. The third-order valence-electron chi connectivity index (χ3n) is 4.36. The van der Waals surface area contributed by atoms with Gasteiger partial charge in [0.1, 0.15) is 0 Å². The fraction of sp³-hybridized carbons (Fsp3) is 0.0952. The van der Waals surface area contributed by atoms with Crippen molar-refractivity contribution in [2.24, 2.45) is 0 Å². The SMILES string of the molecule is O=S(=O)(Nc1ncccn1)c1ccc(Nc2nc(Cl)nc(NCCc3ccccc3)n2)cc1. The maximum Gasteiger partial charge on any atom is 0.264 e. The first-order chi connectivity index (χ1) is 16.0. The topological polar surface area (TPSA) is 135 Å². The van der Waals surface area contributed by atoms with Crippen molar-refractivity contribution in [3.05, 3.63) is 83.9 Å². The Balaban J connectivity index is 1.40. The summed E-state index contributed by atoms with van der Waals surface area (Å²) in [6, 6.07) is 17.7. The van der Waals surface area contributed by atoms with Crippen LogP contribution < -0.4 is 15.4 Å². The fourth-order valence-corrected chi connectivity index (χ4v) is 3.94. The molecule has 12 heteroatoms. The van der Waals surface area contributed by atoms with E-state index in [2.05, 4.69) is 40.3 Å². The summed E-state index contributed by atoms with van der Waals surface area (Å²) in [6.45, 7) is 0.620. The van der Waals surface area contributed by atoms with E-state index in [9.17, 15) is 8.42 Å². The fourth-order valence-electron chi connectivity index (χ4n) is 2.83. The summed E-state index contributed by atoms with van der Waals surface area (Å²) in [5.74, 6) is 0.551. The molecule has 0 amide bonds. The second-order valence-corrected chi connectivity index (χ2v) is 8.76. The van der Waals surface area contributed by atoms with Gasteiger partial charge in [-0.1, -0.05) is 30.3 Å². The van der Waals surface area contributed by atoms with Gasteiger partial charge in [0.2, 0.25) is 23.1 Å². The van der Waals surface area contributed by atoms with Crippen molar-refractivity contribution in [2.45, 2.75) is 11.3 Å². The van der Waals surface area contributed by atoms with Crippen molar-refractivity contribution in [3.8, 4) is 0 Å². The normalized spacial score (nSPS) is 11.1. The molecule has 4 aromatic rings. The molecule has 10 nitrogen and oxygen atoms in total. The van der Waals surface area contributed by atoms with Crippen molar-refractivity contribution in [1.82, 2.24) is 24.9 Å². The quantitative estimate of drug-likeness (QED) is 0.327. The molecule has 2 aromatic carbocycles. The van der Waals surface area contributed by atoms with E-state index in [4.69, 9.17) is 11.6 Å². The first kappa shape index (κ1) is 22.4. The van der Waals surface area contributed by atoms with Gasteiger partial charge in [-0.2, -0.15) is 15.0 Å². The number of sulfonamides is 1. The molecular formula is C21H19ClN8O2S. The van der Waals surface area contributed by atoms with Gasteiger partial charge in [0, 0.05) is 24.6 Å².